The fraction of sp³-hybridized carbons (Fsp3) is 0.211. The number of oxime groups is 2. The molecule has 0 amide bonds. The van der Waals surface area contributed by atoms with Crippen LogP contribution >= 0.6 is 11.6 Å². The Bertz CT molecular complexity index is 799. The highest BCUT2D eigenvalue weighted by Gasteiger charge is 2.10. The van der Waals surface area contributed by atoms with Crippen molar-refractivity contribution in [3.8, 4) is 0 Å². The molecule has 5 nitrogen and oxygen atoms in total. The van der Waals surface area contributed by atoms with Gasteiger partial charge in [-0.05, 0) is 31.0 Å². The van der Waals surface area contributed by atoms with Crippen molar-refractivity contribution >= 4 is 28.8 Å². The van der Waals surface area contributed by atoms with E-state index in [0.717, 1.165) is 11.1 Å². The molecule has 2 aromatic rings. The number of hydrogen-bond acceptors (Lipinski definition) is 5. The molecule has 0 aliphatic carbocycles. The number of hydrogen-bond donors (Lipinski definition) is 1. The van der Waals surface area contributed by atoms with E-state index < -0.39 is 0 Å². The van der Waals surface area contributed by atoms with Gasteiger partial charge in [-0.1, -0.05) is 58.3 Å². The molecule has 6 heteroatoms. The molecule has 130 valence electrons. The van der Waals surface area contributed by atoms with E-state index in [1.165, 1.54) is 7.11 Å². The second-order valence-electron chi connectivity index (χ2n) is 5.44. The molecule has 0 unspecified atom stereocenters. The molecule has 2 rings (SSSR count). The van der Waals surface area contributed by atoms with Gasteiger partial charge in [-0.2, -0.15) is 0 Å². The number of carbonyl (C=O) groups excluding carboxylic acids is 1. The average Bonchev–Trinajstić information content (AvgIpc) is 2.64. The van der Waals surface area contributed by atoms with Crippen molar-refractivity contribution in [1.82, 2.24) is 0 Å². The van der Waals surface area contributed by atoms with Gasteiger partial charge in [0.1, 0.15) is 18.5 Å². The quantitative estimate of drug-likeness (QED) is 0.346. The third-order valence-electron chi connectivity index (χ3n) is 3.69. The van der Waals surface area contributed by atoms with Crippen LogP contribution in [0.25, 0.3) is 0 Å². The summed E-state index contributed by atoms with van der Waals surface area (Å²) in [5.41, 5.74) is 3.21. The maximum absolute atomic E-state index is 12.2. The number of carbonyl (C=O) groups is 1. The summed E-state index contributed by atoms with van der Waals surface area (Å²) < 4.78 is 0. The van der Waals surface area contributed by atoms with Crippen molar-refractivity contribution in [1.29, 1.82) is 0 Å². The Morgan fingerprint density at radius 1 is 1.16 bits per heavy atom. The fourth-order valence-corrected chi connectivity index (χ4v) is 2.55. The number of nitrogens with zero attached hydrogens (tertiary/aromatic N) is 2. The van der Waals surface area contributed by atoms with E-state index in [1.54, 1.807) is 31.2 Å². The van der Waals surface area contributed by atoms with Gasteiger partial charge in [0.15, 0.2) is 5.78 Å². The van der Waals surface area contributed by atoms with E-state index in [9.17, 15) is 4.79 Å². The van der Waals surface area contributed by atoms with Gasteiger partial charge in [0.25, 0.3) is 0 Å². The molecule has 0 saturated carbocycles. The lowest BCUT2D eigenvalue weighted by Crippen LogP contribution is -2.12. The molecule has 0 atom stereocenters. The van der Waals surface area contributed by atoms with Crippen LogP contribution in [0.1, 0.15) is 34.8 Å². The molecule has 0 bridgehead atoms. The molecule has 0 aliphatic rings. The predicted octanol–water partition coefficient (Wildman–Crippen LogP) is 4.36. The molecule has 0 saturated heterocycles. The number of aryl methyl sites for hydroxylation is 1. The van der Waals surface area contributed by atoms with Crippen LogP contribution in [0.4, 0.5) is 0 Å². The lowest BCUT2D eigenvalue weighted by atomic mass is 10.00. The average molecular weight is 359 g/mol. The van der Waals surface area contributed by atoms with Crippen molar-refractivity contribution in [2.24, 2.45) is 10.3 Å². The maximum Gasteiger partial charge on any atom is 0.163 e. The van der Waals surface area contributed by atoms with Crippen LogP contribution in [0.3, 0.4) is 0 Å². The van der Waals surface area contributed by atoms with Crippen molar-refractivity contribution < 1.29 is 14.8 Å². The summed E-state index contributed by atoms with van der Waals surface area (Å²) in [4.78, 5) is 17.0. The zero-order chi connectivity index (χ0) is 18.2. The number of ketones is 1. The Kier molecular flexibility index (Phi) is 6.71. The summed E-state index contributed by atoms with van der Waals surface area (Å²) in [5.74, 6) is 0.0523. The van der Waals surface area contributed by atoms with E-state index in [0.29, 0.717) is 34.9 Å². The summed E-state index contributed by atoms with van der Waals surface area (Å²) in [7, 11) is 1.43. The summed E-state index contributed by atoms with van der Waals surface area (Å²) in [6.45, 7) is 1.63. The zero-order valence-corrected chi connectivity index (χ0v) is 14.8. The molecule has 0 radical (unpaired) electrons. The van der Waals surface area contributed by atoms with Crippen LogP contribution in [-0.2, 0) is 11.3 Å². The van der Waals surface area contributed by atoms with Gasteiger partial charge in [-0.3, -0.25) is 4.79 Å². The highest BCUT2D eigenvalue weighted by atomic mass is 35.5. The Balaban J connectivity index is 2.05. The molecule has 0 heterocycles. The number of rotatable bonds is 7. The second kappa shape index (κ2) is 8.99. The third kappa shape index (κ3) is 5.16. The summed E-state index contributed by atoms with van der Waals surface area (Å²) in [6, 6.07) is 14.5. The highest BCUT2D eigenvalue weighted by Crippen LogP contribution is 2.15. The van der Waals surface area contributed by atoms with Crippen LogP contribution in [0.15, 0.2) is 58.8 Å². The lowest BCUT2D eigenvalue weighted by Gasteiger charge is -2.06. The molecule has 2 aromatic carbocycles. The van der Waals surface area contributed by atoms with Gasteiger partial charge in [0, 0.05) is 22.6 Å². The van der Waals surface area contributed by atoms with Crippen LogP contribution in [0.2, 0.25) is 5.02 Å². The first-order valence-electron chi connectivity index (χ1n) is 7.73. The number of Topliss-reactive ketones (excluding diaryl/α,β-unsaturated/α-hetero) is 1. The van der Waals surface area contributed by atoms with E-state index in [-0.39, 0.29) is 5.78 Å². The smallest absolute Gasteiger partial charge is 0.163 e. The minimum absolute atomic E-state index is 0.0523. The first-order valence-corrected chi connectivity index (χ1v) is 8.11. The largest absolute Gasteiger partial charge is 0.411 e. The summed E-state index contributed by atoms with van der Waals surface area (Å²) in [6.07, 6.45) is 1.02. The van der Waals surface area contributed by atoms with Crippen LogP contribution in [0, 0.1) is 0 Å². The van der Waals surface area contributed by atoms with Crippen molar-refractivity contribution in [2.75, 3.05) is 7.11 Å². The lowest BCUT2D eigenvalue weighted by molar-refractivity contribution is 0.0983. The van der Waals surface area contributed by atoms with Gasteiger partial charge in [-0.25, -0.2) is 0 Å². The molecule has 0 aromatic heterocycles. The Morgan fingerprint density at radius 2 is 1.88 bits per heavy atom. The van der Waals surface area contributed by atoms with Gasteiger partial charge in [0.2, 0.25) is 0 Å². The molecule has 0 aliphatic heterocycles. The number of benzene rings is 2. The van der Waals surface area contributed by atoms with E-state index >= 15 is 0 Å². The van der Waals surface area contributed by atoms with E-state index in [4.69, 9.17) is 21.6 Å². The minimum atomic E-state index is 0.0523. The molecule has 1 N–H and O–H groups in total. The molecule has 25 heavy (non-hydrogen) atoms. The first-order chi connectivity index (χ1) is 12.0. The van der Waals surface area contributed by atoms with Crippen molar-refractivity contribution in [3.05, 3.63) is 70.2 Å². The van der Waals surface area contributed by atoms with Gasteiger partial charge in [-0.15, -0.1) is 0 Å². The predicted molar refractivity (Wildman–Crippen MR) is 99.0 cm³/mol. The minimum Gasteiger partial charge on any atom is -0.411 e. The van der Waals surface area contributed by atoms with E-state index in [1.807, 2.05) is 24.3 Å². The Labute approximate surface area is 151 Å². The number of halogens is 1. The van der Waals surface area contributed by atoms with Crippen molar-refractivity contribution in [2.45, 2.75) is 19.8 Å². The Morgan fingerprint density at radius 3 is 2.48 bits per heavy atom. The van der Waals surface area contributed by atoms with Gasteiger partial charge in [0.05, 0.1) is 0 Å². The third-order valence-corrected chi connectivity index (χ3v) is 3.93. The summed E-state index contributed by atoms with van der Waals surface area (Å²) in [5, 5.41) is 16.5. The van der Waals surface area contributed by atoms with Gasteiger partial charge >= 0.3 is 0 Å². The molecule has 0 fully saturated rings. The monoisotopic (exact) mass is 358 g/mol. The zero-order valence-electron chi connectivity index (χ0n) is 14.1. The molecular formula is C19H19ClN2O3. The normalized spacial score (nSPS) is 12.1. The Hall–Kier alpha value is -2.66. The van der Waals surface area contributed by atoms with Crippen LogP contribution < -0.4 is 0 Å². The maximum atomic E-state index is 12.2. The van der Waals surface area contributed by atoms with Gasteiger partial charge < -0.3 is 10.0 Å². The SMILES string of the molecule is CO/N=C(/C(C)=NO)c1ccc(CCC(=O)c2cccc(Cl)c2)cc1. The second-order valence-corrected chi connectivity index (χ2v) is 5.87. The molecular weight excluding hydrogens is 340 g/mol. The highest BCUT2D eigenvalue weighted by molar-refractivity contribution is 6.47. The van der Waals surface area contributed by atoms with Crippen LogP contribution in [-0.4, -0.2) is 29.5 Å². The van der Waals surface area contributed by atoms with Crippen LogP contribution in [0.5, 0.6) is 0 Å². The van der Waals surface area contributed by atoms with E-state index in [2.05, 4.69) is 10.3 Å². The first kappa shape index (κ1) is 18.7. The summed E-state index contributed by atoms with van der Waals surface area (Å²) >= 11 is 5.92. The fourth-order valence-electron chi connectivity index (χ4n) is 2.36. The molecule has 0 spiro atoms. The topological polar surface area (TPSA) is 71.2 Å². The van der Waals surface area contributed by atoms with Crippen molar-refractivity contribution in [3.63, 3.8) is 0 Å². The standard InChI is InChI=1S/C19H19ClN2O3/c1-13(21-24)19(22-25-2)15-9-6-14(7-10-15)8-11-18(23)16-4-3-5-17(20)12-16/h3-7,9-10,12,24H,8,11H2,1-2H3/b21-13?,22-19-.